The Kier molecular flexibility index (Phi) is 3.83. The summed E-state index contributed by atoms with van der Waals surface area (Å²) in [6.07, 6.45) is 3.01. The predicted octanol–water partition coefficient (Wildman–Crippen LogP) is 0.789. The smallest absolute Gasteiger partial charge is 0.274 e. The number of hydrogen-bond donors (Lipinski definition) is 0. The van der Waals surface area contributed by atoms with E-state index in [1.165, 1.54) is 0 Å². The summed E-state index contributed by atoms with van der Waals surface area (Å²) in [6, 6.07) is 5.18. The second-order valence-corrected chi connectivity index (χ2v) is 4.75. The third-order valence-electron chi connectivity index (χ3n) is 3.27. The van der Waals surface area contributed by atoms with Crippen LogP contribution in [0.25, 0.3) is 0 Å². The molecule has 0 bridgehead atoms. The molecule has 1 aliphatic heterocycles. The molecule has 0 radical (unpaired) electrons. The molecule has 7 heteroatoms. The van der Waals surface area contributed by atoms with E-state index in [2.05, 4.69) is 20.2 Å². The van der Waals surface area contributed by atoms with Crippen LogP contribution in [0.2, 0.25) is 0 Å². The van der Waals surface area contributed by atoms with E-state index in [1.807, 2.05) is 13.0 Å². The molecule has 7 nitrogen and oxygen atoms in total. The van der Waals surface area contributed by atoms with Gasteiger partial charge < -0.3 is 9.64 Å². The summed E-state index contributed by atoms with van der Waals surface area (Å²) in [6.45, 7) is 3.29. The van der Waals surface area contributed by atoms with Gasteiger partial charge in [0.2, 0.25) is 0 Å². The fourth-order valence-electron chi connectivity index (χ4n) is 2.24. The van der Waals surface area contributed by atoms with E-state index in [4.69, 9.17) is 4.74 Å². The lowest BCUT2D eigenvalue weighted by Gasteiger charge is -2.32. The van der Waals surface area contributed by atoms with Crippen molar-refractivity contribution >= 4 is 5.91 Å². The van der Waals surface area contributed by atoms with Crippen molar-refractivity contribution in [1.82, 2.24) is 25.1 Å². The Morgan fingerprint density at radius 1 is 1.38 bits per heavy atom. The minimum atomic E-state index is -0.235. The van der Waals surface area contributed by atoms with Crippen LogP contribution in [0.5, 0.6) is 0 Å². The third-order valence-corrected chi connectivity index (χ3v) is 3.27. The minimum absolute atomic E-state index is 0.137. The van der Waals surface area contributed by atoms with Crippen molar-refractivity contribution < 1.29 is 9.53 Å². The monoisotopic (exact) mass is 285 g/mol. The first-order valence-corrected chi connectivity index (χ1v) is 6.72. The van der Waals surface area contributed by atoms with Gasteiger partial charge in [0, 0.05) is 18.9 Å². The van der Waals surface area contributed by atoms with Crippen molar-refractivity contribution in [3.8, 4) is 0 Å². The van der Waals surface area contributed by atoms with E-state index >= 15 is 0 Å². The standard InChI is InChI=1S/C14H15N5O2/c1-10-15-6-4-11(17-10)13-9-19(7-8-21-13)14(20)12-3-2-5-16-18-12/h2-6,13H,7-9H2,1H3. The first-order valence-electron chi connectivity index (χ1n) is 6.72. The zero-order chi connectivity index (χ0) is 14.7. The number of rotatable bonds is 2. The van der Waals surface area contributed by atoms with E-state index in [0.717, 1.165) is 5.69 Å². The average Bonchev–Trinajstić information content (AvgIpc) is 2.55. The summed E-state index contributed by atoms with van der Waals surface area (Å²) in [5.74, 6) is 0.552. The summed E-state index contributed by atoms with van der Waals surface area (Å²) in [4.78, 5) is 22.5. The van der Waals surface area contributed by atoms with Gasteiger partial charge in [0.05, 0.1) is 18.8 Å². The average molecular weight is 285 g/mol. The largest absolute Gasteiger partial charge is 0.368 e. The molecule has 0 saturated carbocycles. The lowest BCUT2D eigenvalue weighted by atomic mass is 10.2. The lowest BCUT2D eigenvalue weighted by molar-refractivity contribution is -0.0250. The molecule has 0 N–H and O–H groups in total. The molecule has 21 heavy (non-hydrogen) atoms. The highest BCUT2D eigenvalue weighted by Crippen LogP contribution is 2.21. The molecule has 1 unspecified atom stereocenters. The Morgan fingerprint density at radius 3 is 3.05 bits per heavy atom. The van der Waals surface area contributed by atoms with Crippen molar-refractivity contribution in [3.63, 3.8) is 0 Å². The zero-order valence-corrected chi connectivity index (χ0v) is 11.6. The van der Waals surface area contributed by atoms with Gasteiger partial charge in [-0.05, 0) is 25.1 Å². The van der Waals surface area contributed by atoms with Crippen LogP contribution in [0.15, 0.2) is 30.6 Å². The van der Waals surface area contributed by atoms with Crippen LogP contribution in [-0.2, 0) is 4.74 Å². The maximum atomic E-state index is 12.4. The quantitative estimate of drug-likeness (QED) is 0.811. The zero-order valence-electron chi connectivity index (χ0n) is 11.6. The summed E-state index contributed by atoms with van der Waals surface area (Å²) < 4.78 is 5.72. The number of amides is 1. The van der Waals surface area contributed by atoms with Crippen LogP contribution in [-0.4, -0.2) is 50.7 Å². The van der Waals surface area contributed by atoms with Gasteiger partial charge in [0.25, 0.3) is 5.91 Å². The molecule has 0 aliphatic carbocycles. The topological polar surface area (TPSA) is 81.1 Å². The van der Waals surface area contributed by atoms with E-state index < -0.39 is 0 Å². The first kappa shape index (κ1) is 13.6. The van der Waals surface area contributed by atoms with E-state index in [9.17, 15) is 4.79 Å². The fourth-order valence-corrected chi connectivity index (χ4v) is 2.24. The van der Waals surface area contributed by atoms with Gasteiger partial charge in [-0.1, -0.05) is 0 Å². The minimum Gasteiger partial charge on any atom is -0.368 e. The van der Waals surface area contributed by atoms with Crippen molar-refractivity contribution in [2.24, 2.45) is 0 Å². The molecule has 3 rings (SSSR count). The molecular formula is C14H15N5O2. The van der Waals surface area contributed by atoms with Gasteiger partial charge in [-0.15, -0.1) is 5.10 Å². The number of aromatic nitrogens is 4. The second kappa shape index (κ2) is 5.92. The number of ether oxygens (including phenoxy) is 1. The number of aryl methyl sites for hydroxylation is 1. The van der Waals surface area contributed by atoms with Crippen LogP contribution in [0.1, 0.15) is 28.1 Å². The van der Waals surface area contributed by atoms with Crippen LogP contribution >= 0.6 is 0 Å². The number of carbonyl (C=O) groups excluding carboxylic acids is 1. The summed E-state index contributed by atoms with van der Waals surface area (Å²) in [5, 5.41) is 7.60. The first-order chi connectivity index (χ1) is 10.2. The number of nitrogens with zero attached hydrogens (tertiary/aromatic N) is 5. The number of hydrogen-bond acceptors (Lipinski definition) is 6. The third kappa shape index (κ3) is 3.03. The van der Waals surface area contributed by atoms with Crippen LogP contribution in [0.4, 0.5) is 0 Å². The Labute approximate surface area is 122 Å². The molecule has 1 atom stereocenters. The molecule has 0 aromatic carbocycles. The van der Waals surface area contributed by atoms with Crippen molar-refractivity contribution in [2.45, 2.75) is 13.0 Å². The normalized spacial score (nSPS) is 18.5. The molecule has 1 aliphatic rings. The van der Waals surface area contributed by atoms with Crippen molar-refractivity contribution in [3.05, 3.63) is 47.8 Å². The molecule has 1 fully saturated rings. The van der Waals surface area contributed by atoms with Gasteiger partial charge >= 0.3 is 0 Å². The molecule has 108 valence electrons. The van der Waals surface area contributed by atoms with Gasteiger partial charge in [-0.3, -0.25) is 4.79 Å². The summed E-state index contributed by atoms with van der Waals surface area (Å²) in [5.41, 5.74) is 1.14. The molecule has 2 aromatic heterocycles. The number of carbonyl (C=O) groups is 1. The van der Waals surface area contributed by atoms with Gasteiger partial charge in [-0.2, -0.15) is 5.10 Å². The molecule has 1 saturated heterocycles. The second-order valence-electron chi connectivity index (χ2n) is 4.75. The summed E-state index contributed by atoms with van der Waals surface area (Å²) in [7, 11) is 0. The number of morpholine rings is 1. The van der Waals surface area contributed by atoms with Gasteiger partial charge in [-0.25, -0.2) is 9.97 Å². The van der Waals surface area contributed by atoms with Crippen LogP contribution in [0.3, 0.4) is 0 Å². The Balaban J connectivity index is 1.75. The van der Waals surface area contributed by atoms with Crippen molar-refractivity contribution in [2.75, 3.05) is 19.7 Å². The van der Waals surface area contributed by atoms with Crippen molar-refractivity contribution in [1.29, 1.82) is 0 Å². The summed E-state index contributed by atoms with van der Waals surface area (Å²) >= 11 is 0. The maximum absolute atomic E-state index is 12.4. The fraction of sp³-hybridized carbons (Fsp3) is 0.357. The Hall–Kier alpha value is -2.41. The van der Waals surface area contributed by atoms with Crippen LogP contribution < -0.4 is 0 Å². The Bertz CT molecular complexity index is 634. The maximum Gasteiger partial charge on any atom is 0.274 e. The highest BCUT2D eigenvalue weighted by atomic mass is 16.5. The lowest BCUT2D eigenvalue weighted by Crippen LogP contribution is -2.42. The van der Waals surface area contributed by atoms with Gasteiger partial charge in [0.15, 0.2) is 5.69 Å². The van der Waals surface area contributed by atoms with Crippen LogP contribution in [0, 0.1) is 6.92 Å². The van der Waals surface area contributed by atoms with E-state index in [0.29, 0.717) is 31.2 Å². The molecule has 0 spiro atoms. The molecule has 2 aromatic rings. The molecule has 3 heterocycles. The Morgan fingerprint density at radius 2 is 2.29 bits per heavy atom. The highest BCUT2D eigenvalue weighted by molar-refractivity contribution is 5.92. The molecular weight excluding hydrogens is 270 g/mol. The van der Waals surface area contributed by atoms with E-state index in [-0.39, 0.29) is 12.0 Å². The van der Waals surface area contributed by atoms with E-state index in [1.54, 1.807) is 29.4 Å². The highest BCUT2D eigenvalue weighted by Gasteiger charge is 2.27. The predicted molar refractivity (Wildman–Crippen MR) is 73.4 cm³/mol. The van der Waals surface area contributed by atoms with Gasteiger partial charge in [0.1, 0.15) is 11.9 Å². The SMILES string of the molecule is Cc1nccc(C2CN(C(=O)c3cccnn3)CCO2)n1. The molecule has 1 amide bonds.